The quantitative estimate of drug-likeness (QED) is 0.482. The van der Waals surface area contributed by atoms with E-state index in [4.69, 9.17) is 22.5 Å². The minimum Gasteiger partial charge on any atom is -0.465 e. The number of carbonyl (C=O) groups excluding carboxylic acids is 2. The summed E-state index contributed by atoms with van der Waals surface area (Å²) in [6.45, 7) is 1.58. The van der Waals surface area contributed by atoms with Gasteiger partial charge in [-0.25, -0.2) is 23.3 Å². The molecule has 146 valence electrons. The monoisotopic (exact) mass is 422 g/mol. The number of nitrogens with zero attached hydrogens (tertiary/aromatic N) is 2. The molecule has 4 N–H and O–H groups in total. The Balaban J connectivity index is 2.20. The fourth-order valence-corrected chi connectivity index (χ4v) is 3.88. The topological polar surface area (TPSA) is 147 Å². The number of hydrogen-bond donors (Lipinski definition) is 2. The van der Waals surface area contributed by atoms with Crippen molar-refractivity contribution in [3.8, 4) is 0 Å². The number of halogens is 1. The lowest BCUT2D eigenvalue weighted by Crippen LogP contribution is -2.17. The number of fused-ring (bicyclic) bond motifs is 1. The predicted molar refractivity (Wildman–Crippen MR) is 103 cm³/mol. The van der Waals surface area contributed by atoms with E-state index in [1.165, 1.54) is 35.9 Å². The third kappa shape index (κ3) is 3.21. The number of hydrogen-bond acceptors (Lipinski definition) is 7. The van der Waals surface area contributed by atoms with Gasteiger partial charge in [0, 0.05) is 5.56 Å². The van der Waals surface area contributed by atoms with Crippen LogP contribution in [0.5, 0.6) is 0 Å². The summed E-state index contributed by atoms with van der Waals surface area (Å²) in [5.41, 5.74) is 6.83. The van der Waals surface area contributed by atoms with Crippen LogP contribution in [0.1, 0.15) is 26.5 Å². The molecule has 1 aromatic heterocycles. The number of benzene rings is 2. The van der Waals surface area contributed by atoms with E-state index in [9.17, 15) is 18.0 Å². The second-order valence-electron chi connectivity index (χ2n) is 5.88. The molecule has 0 atom stereocenters. The van der Waals surface area contributed by atoms with E-state index in [2.05, 4.69) is 9.72 Å². The third-order valence-electron chi connectivity index (χ3n) is 4.13. The van der Waals surface area contributed by atoms with Crippen molar-refractivity contribution >= 4 is 50.2 Å². The van der Waals surface area contributed by atoms with E-state index in [0.29, 0.717) is 11.3 Å². The van der Waals surface area contributed by atoms with Gasteiger partial charge < -0.3 is 10.5 Å². The molecule has 28 heavy (non-hydrogen) atoms. The molecule has 1 heterocycles. The highest BCUT2D eigenvalue weighted by Crippen LogP contribution is 2.28. The third-order valence-corrected chi connectivity index (χ3v) is 5.52. The Hall–Kier alpha value is -2.95. The fraction of sp³-hybridized carbons (Fsp3) is 0.118. The molecule has 3 rings (SSSR count). The molecule has 0 aliphatic rings. The van der Waals surface area contributed by atoms with E-state index in [1.54, 1.807) is 6.92 Å². The molecule has 0 unspecified atom stereocenters. The van der Waals surface area contributed by atoms with Gasteiger partial charge in [-0.3, -0.25) is 9.36 Å². The molecule has 0 spiro atoms. The maximum Gasteiger partial charge on any atom is 0.340 e. The molecule has 0 aliphatic heterocycles. The molecule has 0 fully saturated rings. The van der Waals surface area contributed by atoms with Crippen molar-refractivity contribution in [3.05, 3.63) is 52.3 Å². The zero-order valence-electron chi connectivity index (χ0n) is 14.8. The van der Waals surface area contributed by atoms with Gasteiger partial charge in [0.15, 0.2) is 0 Å². The van der Waals surface area contributed by atoms with Gasteiger partial charge in [0.25, 0.3) is 5.91 Å². The molecule has 0 saturated heterocycles. The highest BCUT2D eigenvalue weighted by atomic mass is 35.5. The van der Waals surface area contributed by atoms with Gasteiger partial charge in [0.1, 0.15) is 16.2 Å². The van der Waals surface area contributed by atoms with Crippen LogP contribution in [-0.4, -0.2) is 37.0 Å². The molecule has 0 bridgehead atoms. The van der Waals surface area contributed by atoms with Crippen LogP contribution in [0.4, 0.5) is 5.69 Å². The number of methoxy groups -OCH3 is 1. The number of rotatable bonds is 3. The van der Waals surface area contributed by atoms with Crippen LogP contribution >= 0.6 is 11.6 Å². The summed E-state index contributed by atoms with van der Waals surface area (Å²) in [5.74, 6) is -0.902. The lowest BCUT2D eigenvalue weighted by molar-refractivity contribution is 0.0602. The number of imidazole rings is 1. The van der Waals surface area contributed by atoms with E-state index >= 15 is 0 Å². The Morgan fingerprint density at radius 2 is 1.89 bits per heavy atom. The molecule has 3 aromatic rings. The Bertz CT molecular complexity index is 1250. The van der Waals surface area contributed by atoms with Gasteiger partial charge in [-0.1, -0.05) is 11.6 Å². The number of nitrogens with two attached hydrogens (primary N) is 2. The average molecular weight is 423 g/mol. The zero-order chi connectivity index (χ0) is 20.8. The maximum atomic E-state index is 13.0. The maximum absolute atomic E-state index is 13.0. The highest BCUT2D eigenvalue weighted by Gasteiger charge is 2.23. The normalized spacial score (nSPS) is 11.6. The first kappa shape index (κ1) is 19.8. The smallest absolute Gasteiger partial charge is 0.340 e. The molecular formula is C17H15ClN4O5S. The van der Waals surface area contributed by atoms with Crippen LogP contribution in [0.15, 0.2) is 35.2 Å². The molecule has 0 amide bonds. The lowest BCUT2D eigenvalue weighted by atomic mass is 10.1. The van der Waals surface area contributed by atoms with Crippen LogP contribution in [0.25, 0.3) is 11.0 Å². The molecule has 11 heteroatoms. The number of aryl methyl sites for hydroxylation is 1. The van der Waals surface area contributed by atoms with E-state index < -0.39 is 21.9 Å². The standard InChI is InChI=1S/C17H15ClN4O5S/c1-8-21-15-12(6-4-10(14(15)19)17(24)27-2)22(8)16(23)9-3-5-11(18)13(7-9)28(20,25)26/h3-7H,19H2,1-2H3,(H2,20,25,26). The summed E-state index contributed by atoms with van der Waals surface area (Å²) in [6, 6.07) is 6.67. The van der Waals surface area contributed by atoms with Gasteiger partial charge >= 0.3 is 5.97 Å². The van der Waals surface area contributed by atoms with Crippen molar-refractivity contribution in [3.63, 3.8) is 0 Å². The van der Waals surface area contributed by atoms with E-state index in [1.807, 2.05) is 0 Å². The molecule has 0 radical (unpaired) electrons. The Kier molecular flexibility index (Phi) is 4.88. The lowest BCUT2D eigenvalue weighted by Gasteiger charge is -2.09. The van der Waals surface area contributed by atoms with Gasteiger partial charge in [0.2, 0.25) is 10.0 Å². The number of anilines is 1. The first-order chi connectivity index (χ1) is 13.1. The fourth-order valence-electron chi connectivity index (χ4n) is 2.81. The van der Waals surface area contributed by atoms with E-state index in [-0.39, 0.29) is 32.2 Å². The summed E-state index contributed by atoms with van der Waals surface area (Å²) in [4.78, 5) is 28.7. The summed E-state index contributed by atoms with van der Waals surface area (Å²) in [5, 5.41) is 5.04. The Labute approximate surface area is 164 Å². The largest absolute Gasteiger partial charge is 0.465 e. The van der Waals surface area contributed by atoms with Gasteiger partial charge in [-0.2, -0.15) is 0 Å². The first-order valence-electron chi connectivity index (χ1n) is 7.79. The Morgan fingerprint density at radius 3 is 2.50 bits per heavy atom. The number of carbonyl (C=O) groups is 2. The zero-order valence-corrected chi connectivity index (χ0v) is 16.3. The van der Waals surface area contributed by atoms with Gasteiger partial charge in [-0.05, 0) is 37.3 Å². The molecule has 2 aromatic carbocycles. The minimum atomic E-state index is -4.12. The number of sulfonamides is 1. The number of nitrogen functional groups attached to an aromatic ring is 1. The van der Waals surface area contributed by atoms with Crippen LogP contribution in [0.2, 0.25) is 5.02 Å². The number of aromatic nitrogens is 2. The first-order valence-corrected chi connectivity index (χ1v) is 9.71. The predicted octanol–water partition coefficient (Wildman–Crippen LogP) is 1.70. The van der Waals surface area contributed by atoms with Crippen molar-refractivity contribution in [2.45, 2.75) is 11.8 Å². The van der Waals surface area contributed by atoms with Gasteiger partial charge in [-0.15, -0.1) is 0 Å². The number of ether oxygens (including phenoxy) is 1. The van der Waals surface area contributed by atoms with Crippen molar-refractivity contribution in [2.75, 3.05) is 12.8 Å². The summed E-state index contributed by atoms with van der Waals surface area (Å²) in [6.07, 6.45) is 0. The summed E-state index contributed by atoms with van der Waals surface area (Å²) >= 11 is 5.87. The van der Waals surface area contributed by atoms with Crippen LogP contribution in [0, 0.1) is 6.92 Å². The average Bonchev–Trinajstić information content (AvgIpc) is 2.97. The number of esters is 1. The summed E-state index contributed by atoms with van der Waals surface area (Å²) < 4.78 is 29.3. The number of primary sulfonamides is 1. The van der Waals surface area contributed by atoms with Crippen LogP contribution in [-0.2, 0) is 14.8 Å². The summed E-state index contributed by atoms with van der Waals surface area (Å²) in [7, 11) is -2.89. The minimum absolute atomic E-state index is 0.0337. The van der Waals surface area contributed by atoms with Gasteiger partial charge in [0.05, 0.1) is 28.9 Å². The Morgan fingerprint density at radius 1 is 1.21 bits per heavy atom. The van der Waals surface area contributed by atoms with Crippen LogP contribution < -0.4 is 10.9 Å². The molecule has 0 saturated carbocycles. The van der Waals surface area contributed by atoms with Crippen molar-refractivity contribution < 1.29 is 22.7 Å². The highest BCUT2D eigenvalue weighted by molar-refractivity contribution is 7.89. The van der Waals surface area contributed by atoms with Crippen molar-refractivity contribution in [1.82, 2.24) is 9.55 Å². The van der Waals surface area contributed by atoms with Crippen molar-refractivity contribution in [2.24, 2.45) is 5.14 Å². The molecule has 9 nitrogen and oxygen atoms in total. The van der Waals surface area contributed by atoms with Crippen molar-refractivity contribution in [1.29, 1.82) is 0 Å². The second kappa shape index (κ2) is 6.89. The molecular weight excluding hydrogens is 408 g/mol. The SMILES string of the molecule is COC(=O)c1ccc2c(nc(C)n2C(=O)c2ccc(Cl)c(S(N)(=O)=O)c2)c1N. The molecule has 0 aliphatic carbocycles. The second-order valence-corrected chi connectivity index (χ2v) is 7.81. The van der Waals surface area contributed by atoms with E-state index in [0.717, 1.165) is 6.07 Å². The van der Waals surface area contributed by atoms with Crippen LogP contribution in [0.3, 0.4) is 0 Å².